The molecule has 4 aromatic rings. The van der Waals surface area contributed by atoms with Gasteiger partial charge in [-0.15, -0.1) is 0 Å². The predicted molar refractivity (Wildman–Crippen MR) is 119 cm³/mol. The van der Waals surface area contributed by atoms with Gasteiger partial charge >= 0.3 is 0 Å². The van der Waals surface area contributed by atoms with Crippen LogP contribution in [-0.4, -0.2) is 28.8 Å². The van der Waals surface area contributed by atoms with Crippen LogP contribution in [-0.2, 0) is 0 Å². The first kappa shape index (κ1) is 19.4. The number of fused-ring (bicyclic) bond motifs is 1. The third-order valence-corrected chi connectivity index (χ3v) is 5.07. The number of hydrogen-bond acceptors (Lipinski definition) is 4. The van der Waals surface area contributed by atoms with Gasteiger partial charge in [-0.25, -0.2) is 5.43 Å². The number of methoxy groups -OCH3 is 1. The number of nitrogens with zero attached hydrogens (tertiary/aromatic N) is 3. The van der Waals surface area contributed by atoms with Crippen LogP contribution in [0.1, 0.15) is 27.3 Å². The zero-order chi connectivity index (χ0) is 21.1. The summed E-state index contributed by atoms with van der Waals surface area (Å²) in [6.45, 7) is 4.05. The van der Waals surface area contributed by atoms with E-state index in [1.807, 2.05) is 68.4 Å². The number of aromatic nitrogens is 2. The number of carbonyl (C=O) groups excluding carboxylic acids is 1. The van der Waals surface area contributed by atoms with E-state index in [0.717, 1.165) is 33.4 Å². The van der Waals surface area contributed by atoms with E-state index in [2.05, 4.69) is 20.1 Å². The number of pyridine rings is 1. The second-order valence-corrected chi connectivity index (χ2v) is 6.97. The molecule has 0 saturated heterocycles. The molecule has 2 heterocycles. The Bertz CT molecular complexity index is 1240. The summed E-state index contributed by atoms with van der Waals surface area (Å²) in [6, 6.07) is 17.4. The SMILES string of the molecule is COc1cc2ccccc2cc1C(=O)NN=Cc1cc(C)n(-c2ccncc2)c1C. The van der Waals surface area contributed by atoms with Crippen molar-refractivity contribution in [1.29, 1.82) is 0 Å². The van der Waals surface area contributed by atoms with E-state index in [4.69, 9.17) is 4.74 Å². The fourth-order valence-corrected chi connectivity index (χ4v) is 3.60. The fourth-order valence-electron chi connectivity index (χ4n) is 3.60. The molecule has 0 aliphatic carbocycles. The van der Waals surface area contributed by atoms with E-state index in [9.17, 15) is 4.79 Å². The van der Waals surface area contributed by atoms with Gasteiger partial charge in [-0.3, -0.25) is 9.78 Å². The van der Waals surface area contributed by atoms with E-state index in [-0.39, 0.29) is 5.91 Å². The molecule has 0 aliphatic rings. The van der Waals surface area contributed by atoms with Gasteiger partial charge in [0.25, 0.3) is 5.91 Å². The lowest BCUT2D eigenvalue weighted by Crippen LogP contribution is -2.18. The molecule has 0 bridgehead atoms. The van der Waals surface area contributed by atoms with Crippen molar-refractivity contribution in [3.63, 3.8) is 0 Å². The molecule has 6 heteroatoms. The summed E-state index contributed by atoms with van der Waals surface area (Å²) >= 11 is 0. The van der Waals surface area contributed by atoms with Crippen LogP contribution in [0, 0.1) is 13.8 Å². The molecule has 0 atom stereocenters. The highest BCUT2D eigenvalue weighted by Crippen LogP contribution is 2.26. The van der Waals surface area contributed by atoms with Crippen LogP contribution in [0.5, 0.6) is 5.75 Å². The van der Waals surface area contributed by atoms with Crippen molar-refractivity contribution in [2.45, 2.75) is 13.8 Å². The van der Waals surface area contributed by atoms with Crippen molar-refractivity contribution >= 4 is 22.9 Å². The van der Waals surface area contributed by atoms with Crippen molar-refractivity contribution < 1.29 is 9.53 Å². The van der Waals surface area contributed by atoms with Crippen LogP contribution in [0.15, 0.2) is 72.1 Å². The molecular formula is C24H22N4O2. The van der Waals surface area contributed by atoms with Crippen LogP contribution < -0.4 is 10.2 Å². The maximum atomic E-state index is 12.7. The number of ether oxygens (including phenoxy) is 1. The number of amides is 1. The zero-order valence-corrected chi connectivity index (χ0v) is 17.1. The van der Waals surface area contributed by atoms with E-state index < -0.39 is 0 Å². The Balaban J connectivity index is 1.57. The third-order valence-electron chi connectivity index (χ3n) is 5.07. The van der Waals surface area contributed by atoms with Crippen molar-refractivity contribution in [1.82, 2.24) is 15.0 Å². The molecule has 30 heavy (non-hydrogen) atoms. The van der Waals surface area contributed by atoms with Crippen molar-refractivity contribution in [3.05, 3.63) is 89.5 Å². The average molecular weight is 398 g/mol. The van der Waals surface area contributed by atoms with E-state index >= 15 is 0 Å². The largest absolute Gasteiger partial charge is 0.496 e. The highest BCUT2D eigenvalue weighted by Gasteiger charge is 2.14. The van der Waals surface area contributed by atoms with Gasteiger partial charge < -0.3 is 9.30 Å². The van der Waals surface area contributed by atoms with Crippen LogP contribution in [0.25, 0.3) is 16.5 Å². The molecule has 4 rings (SSSR count). The van der Waals surface area contributed by atoms with Gasteiger partial charge in [0, 0.05) is 35.0 Å². The number of rotatable bonds is 5. The molecule has 0 aliphatic heterocycles. The lowest BCUT2D eigenvalue weighted by Gasteiger charge is -2.09. The van der Waals surface area contributed by atoms with Gasteiger partial charge in [0.2, 0.25) is 0 Å². The van der Waals surface area contributed by atoms with Crippen LogP contribution in [0.2, 0.25) is 0 Å². The fraction of sp³-hybridized carbons (Fsp3) is 0.125. The maximum Gasteiger partial charge on any atom is 0.275 e. The molecule has 150 valence electrons. The Labute approximate surface area is 174 Å². The molecule has 0 unspecified atom stereocenters. The minimum Gasteiger partial charge on any atom is -0.496 e. The van der Waals surface area contributed by atoms with Crippen LogP contribution >= 0.6 is 0 Å². The predicted octanol–water partition coefficient (Wildman–Crippen LogP) is 4.41. The summed E-state index contributed by atoms with van der Waals surface area (Å²) in [7, 11) is 1.55. The van der Waals surface area contributed by atoms with Crippen molar-refractivity contribution in [2.24, 2.45) is 5.10 Å². The molecule has 0 saturated carbocycles. The highest BCUT2D eigenvalue weighted by atomic mass is 16.5. The van der Waals surface area contributed by atoms with Gasteiger partial charge in [-0.2, -0.15) is 5.10 Å². The molecule has 0 radical (unpaired) electrons. The molecule has 2 aromatic carbocycles. The van der Waals surface area contributed by atoms with Gasteiger partial charge in [0.05, 0.1) is 18.9 Å². The van der Waals surface area contributed by atoms with Crippen molar-refractivity contribution in [2.75, 3.05) is 7.11 Å². The molecule has 1 N–H and O–H groups in total. The topological polar surface area (TPSA) is 68.5 Å². The zero-order valence-electron chi connectivity index (χ0n) is 17.1. The lowest BCUT2D eigenvalue weighted by atomic mass is 10.1. The summed E-state index contributed by atoms with van der Waals surface area (Å²) < 4.78 is 7.53. The number of hydrazone groups is 1. The van der Waals surface area contributed by atoms with Crippen LogP contribution in [0.3, 0.4) is 0 Å². The Hall–Kier alpha value is -3.93. The van der Waals surface area contributed by atoms with Gasteiger partial charge in [0.15, 0.2) is 0 Å². The van der Waals surface area contributed by atoms with E-state index in [1.54, 1.807) is 25.7 Å². The number of carbonyl (C=O) groups is 1. The quantitative estimate of drug-likeness (QED) is 0.400. The molecule has 6 nitrogen and oxygen atoms in total. The van der Waals surface area contributed by atoms with E-state index in [0.29, 0.717) is 11.3 Å². The standard InChI is InChI=1S/C24H22N4O2/c1-16-12-20(17(2)28(16)21-8-10-25-11-9-21)15-26-27-24(29)22-13-18-6-4-5-7-19(18)14-23(22)30-3/h4-15H,1-3H3,(H,27,29). The summed E-state index contributed by atoms with van der Waals surface area (Å²) in [4.78, 5) is 16.8. The summed E-state index contributed by atoms with van der Waals surface area (Å²) in [6.07, 6.45) is 5.18. The maximum absolute atomic E-state index is 12.7. The molecular weight excluding hydrogens is 376 g/mol. The summed E-state index contributed by atoms with van der Waals surface area (Å²) in [5, 5.41) is 6.15. The van der Waals surface area contributed by atoms with Crippen molar-refractivity contribution in [3.8, 4) is 11.4 Å². The molecule has 0 spiro atoms. The second-order valence-electron chi connectivity index (χ2n) is 6.97. The molecule has 2 aromatic heterocycles. The first-order chi connectivity index (χ1) is 14.6. The Kier molecular flexibility index (Phi) is 5.30. The molecule has 0 fully saturated rings. The summed E-state index contributed by atoms with van der Waals surface area (Å²) in [5.74, 6) is 0.189. The average Bonchev–Trinajstić information content (AvgIpc) is 3.06. The monoisotopic (exact) mass is 398 g/mol. The first-order valence-electron chi connectivity index (χ1n) is 9.58. The minimum atomic E-state index is -0.322. The van der Waals surface area contributed by atoms with Gasteiger partial charge in [-0.05, 0) is 55.0 Å². The van der Waals surface area contributed by atoms with Crippen LogP contribution in [0.4, 0.5) is 0 Å². The molecule has 1 amide bonds. The Morgan fingerprint density at radius 3 is 2.47 bits per heavy atom. The first-order valence-corrected chi connectivity index (χ1v) is 9.58. The van der Waals surface area contributed by atoms with E-state index in [1.165, 1.54) is 0 Å². The lowest BCUT2D eigenvalue weighted by molar-refractivity contribution is 0.0952. The smallest absolute Gasteiger partial charge is 0.275 e. The highest BCUT2D eigenvalue weighted by molar-refractivity contribution is 6.02. The Morgan fingerprint density at radius 1 is 1.07 bits per heavy atom. The van der Waals surface area contributed by atoms with Gasteiger partial charge in [0.1, 0.15) is 5.75 Å². The number of aryl methyl sites for hydroxylation is 1. The normalized spacial score (nSPS) is 11.2. The Morgan fingerprint density at radius 2 is 1.77 bits per heavy atom. The third kappa shape index (κ3) is 3.67. The number of nitrogens with one attached hydrogen (secondary N) is 1. The van der Waals surface area contributed by atoms with Gasteiger partial charge in [-0.1, -0.05) is 24.3 Å². The minimum absolute atomic E-state index is 0.322. The summed E-state index contributed by atoms with van der Waals surface area (Å²) in [5.41, 5.74) is 7.11. The number of hydrogen-bond donors (Lipinski definition) is 1. The number of benzene rings is 2. The second kappa shape index (κ2) is 8.21.